The second kappa shape index (κ2) is 17.3. The van der Waals surface area contributed by atoms with Gasteiger partial charge in [0.25, 0.3) is 0 Å². The van der Waals surface area contributed by atoms with Gasteiger partial charge in [-0.05, 0) is 17.9 Å². The van der Waals surface area contributed by atoms with Crippen molar-refractivity contribution in [3.63, 3.8) is 0 Å². The van der Waals surface area contributed by atoms with E-state index in [4.69, 9.17) is 28.4 Å². The van der Waals surface area contributed by atoms with E-state index in [9.17, 15) is 33.6 Å². The van der Waals surface area contributed by atoms with E-state index in [-0.39, 0.29) is 5.75 Å². The van der Waals surface area contributed by atoms with Crippen LogP contribution in [0, 0.1) is 0 Å². The fourth-order valence-corrected chi connectivity index (χ4v) is 7.80. The molecule has 2 amide bonds. The molecule has 1 saturated heterocycles. The van der Waals surface area contributed by atoms with Gasteiger partial charge >= 0.3 is 29.8 Å². The van der Waals surface area contributed by atoms with E-state index < -0.39 is 88.9 Å². The molecule has 254 valence electrons. The highest BCUT2D eigenvalue weighted by molar-refractivity contribution is 8.04. The minimum atomic E-state index is -2.04. The summed E-state index contributed by atoms with van der Waals surface area (Å²) in [6, 6.07) is 7.16. The monoisotopic (exact) mass is 685 g/mol. The van der Waals surface area contributed by atoms with Crippen LogP contribution in [0.25, 0.3) is 0 Å². The minimum absolute atomic E-state index is 0.243. The van der Waals surface area contributed by atoms with Crippen LogP contribution in [0.15, 0.2) is 35.2 Å². The number of rotatable bonds is 13. The van der Waals surface area contributed by atoms with Gasteiger partial charge in [0.1, 0.15) is 24.9 Å². The predicted octanol–water partition coefficient (Wildman–Crippen LogP) is 2.29. The molecular weight excluding hydrogens is 646 g/mol. The molecule has 1 fully saturated rings. The Morgan fingerprint density at radius 2 is 1.46 bits per heavy atom. The Morgan fingerprint density at radius 1 is 0.870 bits per heavy atom. The third-order valence-electron chi connectivity index (χ3n) is 6.53. The number of benzene rings is 1. The van der Waals surface area contributed by atoms with Crippen molar-refractivity contribution in [3.8, 4) is 0 Å². The van der Waals surface area contributed by atoms with Gasteiger partial charge in [-0.3, -0.25) is 33.7 Å². The van der Waals surface area contributed by atoms with Crippen molar-refractivity contribution in [1.82, 2.24) is 4.90 Å². The molecule has 2 rings (SSSR count). The molecule has 16 heteroatoms. The Labute approximate surface area is 275 Å². The minimum Gasteiger partial charge on any atom is -0.466 e. The van der Waals surface area contributed by atoms with Crippen LogP contribution in [0.1, 0.15) is 48.5 Å². The second-order valence-corrected chi connectivity index (χ2v) is 12.7. The molecule has 0 spiro atoms. The Morgan fingerprint density at radius 3 is 1.91 bits per heavy atom. The fourth-order valence-electron chi connectivity index (χ4n) is 5.08. The second-order valence-electron chi connectivity index (χ2n) is 10.0. The molecule has 0 aliphatic carbocycles. The van der Waals surface area contributed by atoms with Crippen LogP contribution in [-0.4, -0.2) is 107 Å². The van der Waals surface area contributed by atoms with E-state index in [0.29, 0.717) is 4.90 Å². The van der Waals surface area contributed by atoms with E-state index in [1.54, 1.807) is 37.3 Å². The van der Waals surface area contributed by atoms with Crippen LogP contribution in [0.5, 0.6) is 0 Å². The number of esters is 5. The summed E-state index contributed by atoms with van der Waals surface area (Å²) in [7, 11) is 1.12. The molecule has 0 aromatic heterocycles. The van der Waals surface area contributed by atoms with Crippen LogP contribution in [0.2, 0.25) is 0 Å². The summed E-state index contributed by atoms with van der Waals surface area (Å²) in [5.74, 6) is -5.66. The molecule has 14 nitrogen and oxygen atoms in total. The number of carbonyl (C=O) groups excluding carboxylic acids is 7. The van der Waals surface area contributed by atoms with E-state index in [2.05, 4.69) is 0 Å². The van der Waals surface area contributed by atoms with Gasteiger partial charge in [0, 0.05) is 46.4 Å². The molecule has 0 N–H and O–H groups in total. The van der Waals surface area contributed by atoms with Crippen LogP contribution >= 0.6 is 23.5 Å². The Bertz CT molecular complexity index is 1280. The summed E-state index contributed by atoms with van der Waals surface area (Å²) in [5, 5.41) is -1.18. The molecule has 1 aromatic rings. The van der Waals surface area contributed by atoms with E-state index in [1.807, 2.05) is 0 Å². The third kappa shape index (κ3) is 9.69. The summed E-state index contributed by atoms with van der Waals surface area (Å²) in [4.78, 5) is 88.8. The summed E-state index contributed by atoms with van der Waals surface area (Å²) < 4.78 is 33.9. The number of hydrogen-bond acceptors (Lipinski definition) is 15. The standard InChI is InChI=1S/C30H39NO13S2/c1-9-45-30(29(38)39-8)28(46-22-13-11-10-12-14-22)27(43-21(7)37)24(31(16(2)32)17(3)33)26(44-30)25(42-20(6)36)23(41-19(5)35)15-40-18(4)34/h10-14,23-28H,9,15H2,1-8H3/t23-,24+,25-,26-,27-,28+,30+/m1/s1. The molecule has 0 bridgehead atoms. The van der Waals surface area contributed by atoms with Gasteiger partial charge in [-0.1, -0.05) is 25.1 Å². The summed E-state index contributed by atoms with van der Waals surface area (Å²) in [6.07, 6.45) is -6.52. The highest BCUT2D eigenvalue weighted by atomic mass is 32.2. The highest BCUT2D eigenvalue weighted by Crippen LogP contribution is 2.50. The lowest BCUT2D eigenvalue weighted by molar-refractivity contribution is -0.231. The number of carbonyl (C=O) groups is 7. The Kier molecular flexibility index (Phi) is 14.5. The van der Waals surface area contributed by atoms with Crippen molar-refractivity contribution < 1.29 is 62.0 Å². The third-order valence-corrected chi connectivity index (χ3v) is 9.31. The Hall–Kier alpha value is -3.63. The molecule has 1 aliphatic heterocycles. The van der Waals surface area contributed by atoms with Crippen LogP contribution < -0.4 is 0 Å². The number of nitrogens with zero attached hydrogens (tertiary/aromatic N) is 1. The summed E-state index contributed by atoms with van der Waals surface area (Å²) >= 11 is 2.05. The molecule has 7 atom stereocenters. The Balaban J connectivity index is 3.06. The number of methoxy groups -OCH3 is 1. The largest absolute Gasteiger partial charge is 0.466 e. The average molecular weight is 686 g/mol. The highest BCUT2D eigenvalue weighted by Gasteiger charge is 2.66. The van der Waals surface area contributed by atoms with Gasteiger partial charge in [-0.2, -0.15) is 0 Å². The van der Waals surface area contributed by atoms with Gasteiger partial charge in [-0.25, -0.2) is 4.79 Å². The zero-order valence-electron chi connectivity index (χ0n) is 26.8. The summed E-state index contributed by atoms with van der Waals surface area (Å²) in [5.41, 5.74) is 0. The zero-order chi connectivity index (χ0) is 34.8. The van der Waals surface area contributed by atoms with E-state index in [0.717, 1.165) is 77.1 Å². The van der Waals surface area contributed by atoms with E-state index in [1.165, 1.54) is 0 Å². The van der Waals surface area contributed by atoms with Crippen LogP contribution in [0.4, 0.5) is 0 Å². The number of imide groups is 1. The lowest BCUT2D eigenvalue weighted by atomic mass is 9.87. The summed E-state index contributed by atoms with van der Waals surface area (Å²) in [6.45, 7) is 7.57. The zero-order valence-corrected chi connectivity index (χ0v) is 28.5. The van der Waals surface area contributed by atoms with Gasteiger partial charge in [0.05, 0.1) is 12.4 Å². The first kappa shape index (κ1) is 38.6. The average Bonchev–Trinajstić information content (AvgIpc) is 2.96. The van der Waals surface area contributed by atoms with Gasteiger partial charge in [-0.15, -0.1) is 23.5 Å². The topological polar surface area (TPSA) is 178 Å². The smallest absolute Gasteiger partial charge is 0.350 e. The molecule has 46 heavy (non-hydrogen) atoms. The number of ether oxygens (including phenoxy) is 6. The maximum absolute atomic E-state index is 13.9. The SMILES string of the molecule is CCS[C@@]1(C(=O)OC)O[C@@H]([C@H](OC(C)=O)[C@@H](COC(C)=O)OC(C)=O)[C@H](N(C(C)=O)C(C)=O)[C@@H](OC(C)=O)[C@@H]1Sc1ccccc1. The molecule has 0 radical (unpaired) electrons. The quantitative estimate of drug-likeness (QED) is 0.218. The van der Waals surface area contributed by atoms with Crippen molar-refractivity contribution in [1.29, 1.82) is 0 Å². The van der Waals surface area contributed by atoms with Gasteiger partial charge in [0.2, 0.25) is 16.7 Å². The number of hydrogen-bond donors (Lipinski definition) is 0. The predicted molar refractivity (Wildman–Crippen MR) is 164 cm³/mol. The van der Waals surface area contributed by atoms with Crippen LogP contribution in [-0.2, 0) is 62.0 Å². The number of amides is 2. The maximum atomic E-state index is 13.9. The molecular formula is C30H39NO13S2. The van der Waals surface area contributed by atoms with E-state index >= 15 is 0 Å². The molecule has 0 unspecified atom stereocenters. The molecule has 1 aromatic carbocycles. The van der Waals surface area contributed by atoms with Crippen molar-refractivity contribution in [2.24, 2.45) is 0 Å². The lowest BCUT2D eigenvalue weighted by Gasteiger charge is -2.54. The normalized spacial score (nSPS) is 23.6. The first-order chi connectivity index (χ1) is 21.6. The van der Waals surface area contributed by atoms with Crippen LogP contribution in [0.3, 0.4) is 0 Å². The van der Waals surface area contributed by atoms with Crippen molar-refractivity contribution in [2.75, 3.05) is 19.5 Å². The lowest BCUT2D eigenvalue weighted by Crippen LogP contribution is -2.73. The van der Waals surface area contributed by atoms with Gasteiger partial charge < -0.3 is 28.4 Å². The molecule has 1 aliphatic rings. The molecule has 1 heterocycles. The molecule has 0 saturated carbocycles. The van der Waals surface area contributed by atoms with Crippen molar-refractivity contribution in [2.45, 2.75) is 94.0 Å². The fraction of sp³-hybridized carbons (Fsp3) is 0.567. The maximum Gasteiger partial charge on any atom is 0.350 e. The number of thioether (sulfide) groups is 2. The van der Waals surface area contributed by atoms with Gasteiger partial charge in [0.15, 0.2) is 12.2 Å². The van der Waals surface area contributed by atoms with Crippen molar-refractivity contribution >= 4 is 65.2 Å². The van der Waals surface area contributed by atoms with Crippen molar-refractivity contribution in [3.05, 3.63) is 30.3 Å². The first-order valence-corrected chi connectivity index (χ1v) is 16.0. The first-order valence-electron chi connectivity index (χ1n) is 14.2.